The first-order valence-corrected chi connectivity index (χ1v) is 5.36. The van der Waals surface area contributed by atoms with Crippen LogP contribution >= 0.6 is 0 Å². The summed E-state index contributed by atoms with van der Waals surface area (Å²) < 4.78 is 0. The predicted octanol–water partition coefficient (Wildman–Crippen LogP) is 2.17. The highest BCUT2D eigenvalue weighted by Crippen LogP contribution is 2.02. The van der Waals surface area contributed by atoms with E-state index >= 15 is 0 Å². The highest BCUT2D eigenvalue weighted by molar-refractivity contribution is 5.93. The highest BCUT2D eigenvalue weighted by Gasteiger charge is 2.05. The van der Waals surface area contributed by atoms with Crippen LogP contribution in [0.3, 0.4) is 0 Å². The lowest BCUT2D eigenvalue weighted by molar-refractivity contribution is 0.0983. The molecule has 1 heterocycles. The number of carbonyl (C=O) groups excluding carboxylic acids is 1. The van der Waals surface area contributed by atoms with Crippen LogP contribution in [0.4, 0.5) is 0 Å². The summed E-state index contributed by atoms with van der Waals surface area (Å²) in [5.41, 5.74) is 1.49. The molecule has 1 aromatic rings. The maximum atomic E-state index is 11.4. The Morgan fingerprint density at radius 2 is 2.20 bits per heavy atom. The van der Waals surface area contributed by atoms with Crippen LogP contribution in [0.15, 0.2) is 18.2 Å². The predicted molar refractivity (Wildman–Crippen MR) is 60.8 cm³/mol. The van der Waals surface area contributed by atoms with Crippen molar-refractivity contribution in [2.45, 2.75) is 39.8 Å². The molecule has 3 heteroatoms. The molecular formula is C12H18N2O. The minimum atomic E-state index is 0.0985. The summed E-state index contributed by atoms with van der Waals surface area (Å²) in [5.74, 6) is 0.0985. The molecule has 0 aliphatic carbocycles. The van der Waals surface area contributed by atoms with Gasteiger partial charge in [-0.25, -0.2) is 4.98 Å². The van der Waals surface area contributed by atoms with Gasteiger partial charge in [-0.3, -0.25) is 4.79 Å². The van der Waals surface area contributed by atoms with Crippen molar-refractivity contribution in [3.05, 3.63) is 29.6 Å². The standard InChI is InChI=1S/C12H18N2O/c1-4-12(15)11-7-5-6-10(14-11)8-13-9(2)3/h5-7,9,13H,4,8H2,1-3H3. The van der Waals surface area contributed by atoms with Gasteiger partial charge in [0.25, 0.3) is 0 Å². The van der Waals surface area contributed by atoms with Crippen LogP contribution < -0.4 is 5.32 Å². The summed E-state index contributed by atoms with van der Waals surface area (Å²) in [7, 11) is 0. The summed E-state index contributed by atoms with van der Waals surface area (Å²) in [6.45, 7) is 6.73. The average Bonchev–Trinajstić information content (AvgIpc) is 2.25. The SMILES string of the molecule is CCC(=O)c1cccc(CNC(C)C)n1. The molecule has 0 fully saturated rings. The summed E-state index contributed by atoms with van der Waals surface area (Å²) in [4.78, 5) is 15.7. The minimum absolute atomic E-state index is 0.0985. The molecule has 3 nitrogen and oxygen atoms in total. The molecule has 1 rings (SSSR count). The number of ketones is 1. The quantitative estimate of drug-likeness (QED) is 0.751. The molecule has 0 atom stereocenters. The Labute approximate surface area is 90.9 Å². The summed E-state index contributed by atoms with van der Waals surface area (Å²) >= 11 is 0. The molecule has 15 heavy (non-hydrogen) atoms. The summed E-state index contributed by atoms with van der Waals surface area (Å²) in [6, 6.07) is 6.01. The lowest BCUT2D eigenvalue weighted by atomic mass is 10.2. The normalized spacial score (nSPS) is 10.7. The fraction of sp³-hybridized carbons (Fsp3) is 0.500. The van der Waals surface area contributed by atoms with E-state index in [0.29, 0.717) is 24.7 Å². The maximum absolute atomic E-state index is 11.4. The zero-order valence-corrected chi connectivity index (χ0v) is 9.58. The molecule has 0 saturated carbocycles. The van der Waals surface area contributed by atoms with Crippen molar-refractivity contribution in [3.63, 3.8) is 0 Å². The number of rotatable bonds is 5. The van der Waals surface area contributed by atoms with E-state index in [2.05, 4.69) is 24.1 Å². The van der Waals surface area contributed by atoms with Gasteiger partial charge in [0.1, 0.15) is 5.69 Å². The maximum Gasteiger partial charge on any atom is 0.180 e. The van der Waals surface area contributed by atoms with Gasteiger partial charge in [-0.1, -0.05) is 26.8 Å². The molecule has 1 N–H and O–H groups in total. The van der Waals surface area contributed by atoms with Crippen LogP contribution in [-0.2, 0) is 6.54 Å². The first kappa shape index (κ1) is 11.9. The topological polar surface area (TPSA) is 42.0 Å². The first-order chi connectivity index (χ1) is 7.13. The zero-order chi connectivity index (χ0) is 11.3. The molecular weight excluding hydrogens is 188 g/mol. The molecule has 0 spiro atoms. The molecule has 1 aromatic heterocycles. The van der Waals surface area contributed by atoms with Crippen molar-refractivity contribution < 1.29 is 4.79 Å². The van der Waals surface area contributed by atoms with Gasteiger partial charge in [-0.15, -0.1) is 0 Å². The van der Waals surface area contributed by atoms with E-state index in [1.165, 1.54) is 0 Å². The van der Waals surface area contributed by atoms with Crippen LogP contribution in [0, 0.1) is 0 Å². The number of nitrogens with one attached hydrogen (secondary N) is 1. The van der Waals surface area contributed by atoms with E-state index in [1.807, 2.05) is 19.1 Å². The van der Waals surface area contributed by atoms with Crippen molar-refractivity contribution >= 4 is 5.78 Å². The smallest absolute Gasteiger partial charge is 0.180 e. The fourth-order valence-corrected chi connectivity index (χ4v) is 1.22. The largest absolute Gasteiger partial charge is 0.309 e. The Hall–Kier alpha value is -1.22. The van der Waals surface area contributed by atoms with Crippen molar-refractivity contribution in [1.29, 1.82) is 0 Å². The van der Waals surface area contributed by atoms with Gasteiger partial charge in [-0.2, -0.15) is 0 Å². The fourth-order valence-electron chi connectivity index (χ4n) is 1.22. The number of hydrogen-bond donors (Lipinski definition) is 1. The number of nitrogens with zero attached hydrogens (tertiary/aromatic N) is 1. The third-order valence-electron chi connectivity index (χ3n) is 2.10. The minimum Gasteiger partial charge on any atom is -0.309 e. The van der Waals surface area contributed by atoms with Gasteiger partial charge in [-0.05, 0) is 12.1 Å². The Kier molecular flexibility index (Phi) is 4.43. The van der Waals surface area contributed by atoms with Gasteiger partial charge in [0, 0.05) is 19.0 Å². The average molecular weight is 206 g/mol. The Balaban J connectivity index is 2.70. The molecule has 0 saturated heterocycles. The van der Waals surface area contributed by atoms with Crippen LogP contribution in [0.5, 0.6) is 0 Å². The summed E-state index contributed by atoms with van der Waals surface area (Å²) in [6.07, 6.45) is 0.508. The highest BCUT2D eigenvalue weighted by atomic mass is 16.1. The van der Waals surface area contributed by atoms with Crippen molar-refractivity contribution in [2.24, 2.45) is 0 Å². The van der Waals surface area contributed by atoms with Gasteiger partial charge >= 0.3 is 0 Å². The molecule has 0 aliphatic rings. The number of carbonyl (C=O) groups is 1. The van der Waals surface area contributed by atoms with Crippen molar-refractivity contribution in [3.8, 4) is 0 Å². The van der Waals surface area contributed by atoms with E-state index < -0.39 is 0 Å². The van der Waals surface area contributed by atoms with Gasteiger partial charge in [0.15, 0.2) is 5.78 Å². The van der Waals surface area contributed by atoms with E-state index in [4.69, 9.17) is 0 Å². The second-order valence-corrected chi connectivity index (χ2v) is 3.83. The number of hydrogen-bond acceptors (Lipinski definition) is 3. The molecule has 0 unspecified atom stereocenters. The van der Waals surface area contributed by atoms with Crippen LogP contribution in [-0.4, -0.2) is 16.8 Å². The van der Waals surface area contributed by atoms with E-state index in [-0.39, 0.29) is 5.78 Å². The number of Topliss-reactive ketones (excluding diaryl/α,β-unsaturated/α-hetero) is 1. The third kappa shape index (κ3) is 3.80. The number of pyridine rings is 1. The monoisotopic (exact) mass is 206 g/mol. The molecule has 0 bridgehead atoms. The lowest BCUT2D eigenvalue weighted by Gasteiger charge is -2.07. The van der Waals surface area contributed by atoms with Crippen LogP contribution in [0.1, 0.15) is 43.4 Å². The third-order valence-corrected chi connectivity index (χ3v) is 2.10. The Morgan fingerprint density at radius 3 is 2.80 bits per heavy atom. The Bertz CT molecular complexity index is 334. The number of aromatic nitrogens is 1. The second-order valence-electron chi connectivity index (χ2n) is 3.83. The second kappa shape index (κ2) is 5.61. The molecule has 0 aliphatic heterocycles. The molecule has 0 radical (unpaired) electrons. The van der Waals surface area contributed by atoms with Crippen molar-refractivity contribution in [1.82, 2.24) is 10.3 Å². The van der Waals surface area contributed by atoms with Crippen LogP contribution in [0.2, 0.25) is 0 Å². The van der Waals surface area contributed by atoms with E-state index in [0.717, 1.165) is 5.69 Å². The molecule has 82 valence electrons. The first-order valence-electron chi connectivity index (χ1n) is 5.36. The van der Waals surface area contributed by atoms with Gasteiger partial charge in [0.05, 0.1) is 5.69 Å². The summed E-state index contributed by atoms with van der Waals surface area (Å²) in [5, 5.41) is 3.27. The van der Waals surface area contributed by atoms with Gasteiger partial charge in [0.2, 0.25) is 0 Å². The lowest BCUT2D eigenvalue weighted by Crippen LogP contribution is -2.22. The van der Waals surface area contributed by atoms with Gasteiger partial charge < -0.3 is 5.32 Å². The zero-order valence-electron chi connectivity index (χ0n) is 9.58. The van der Waals surface area contributed by atoms with Crippen molar-refractivity contribution in [2.75, 3.05) is 0 Å². The van der Waals surface area contributed by atoms with E-state index in [1.54, 1.807) is 6.07 Å². The Morgan fingerprint density at radius 1 is 1.47 bits per heavy atom. The van der Waals surface area contributed by atoms with E-state index in [9.17, 15) is 4.79 Å². The molecule has 0 amide bonds. The van der Waals surface area contributed by atoms with Crippen LogP contribution in [0.25, 0.3) is 0 Å². The molecule has 0 aromatic carbocycles.